The van der Waals surface area contributed by atoms with E-state index < -0.39 is 10.9 Å². The summed E-state index contributed by atoms with van der Waals surface area (Å²) in [6.07, 6.45) is 0.369. The summed E-state index contributed by atoms with van der Waals surface area (Å²) >= 11 is 0. The molecule has 1 aromatic carbocycles. The zero-order valence-corrected chi connectivity index (χ0v) is 9.00. The third-order valence-corrected chi connectivity index (χ3v) is 1.87. The Balaban J connectivity index is 3.15. The molecular weight excluding hydrogens is 228 g/mol. The first kappa shape index (κ1) is 12.6. The van der Waals surface area contributed by atoms with Crippen LogP contribution in [0.2, 0.25) is 0 Å². The minimum absolute atomic E-state index is 0.0189. The van der Waals surface area contributed by atoms with E-state index in [2.05, 4.69) is 5.32 Å². The SMILES string of the molecule is CCOC(=O)c1cc(NC=O)cc([N+](=O)[O-])c1. The van der Waals surface area contributed by atoms with Gasteiger partial charge in [0.05, 0.1) is 17.1 Å². The number of nitrogens with one attached hydrogen (secondary N) is 1. The van der Waals surface area contributed by atoms with E-state index in [-0.39, 0.29) is 23.5 Å². The molecule has 17 heavy (non-hydrogen) atoms. The lowest BCUT2D eigenvalue weighted by molar-refractivity contribution is -0.384. The highest BCUT2D eigenvalue weighted by Gasteiger charge is 2.15. The van der Waals surface area contributed by atoms with Gasteiger partial charge in [-0.1, -0.05) is 0 Å². The third kappa shape index (κ3) is 3.26. The summed E-state index contributed by atoms with van der Waals surface area (Å²) in [7, 11) is 0. The average molecular weight is 238 g/mol. The minimum Gasteiger partial charge on any atom is -0.462 e. The van der Waals surface area contributed by atoms with Crippen LogP contribution < -0.4 is 5.32 Å². The number of nitro groups is 1. The second-order valence-electron chi connectivity index (χ2n) is 3.01. The maximum absolute atomic E-state index is 11.4. The Morgan fingerprint density at radius 3 is 2.76 bits per heavy atom. The van der Waals surface area contributed by atoms with Gasteiger partial charge in [-0.25, -0.2) is 4.79 Å². The van der Waals surface area contributed by atoms with E-state index >= 15 is 0 Å². The number of nitro benzene ring substituents is 1. The van der Waals surface area contributed by atoms with Gasteiger partial charge >= 0.3 is 5.97 Å². The number of nitrogens with zero attached hydrogens (tertiary/aromatic N) is 1. The maximum atomic E-state index is 11.4. The fourth-order valence-corrected chi connectivity index (χ4v) is 1.20. The lowest BCUT2D eigenvalue weighted by atomic mass is 10.1. The van der Waals surface area contributed by atoms with E-state index in [1.807, 2.05) is 0 Å². The van der Waals surface area contributed by atoms with Crippen molar-refractivity contribution in [2.75, 3.05) is 11.9 Å². The van der Waals surface area contributed by atoms with E-state index in [4.69, 9.17) is 4.74 Å². The van der Waals surface area contributed by atoms with E-state index in [0.717, 1.165) is 12.1 Å². The summed E-state index contributed by atoms with van der Waals surface area (Å²) in [5.74, 6) is -0.676. The van der Waals surface area contributed by atoms with Crippen LogP contribution in [-0.2, 0) is 9.53 Å². The summed E-state index contributed by atoms with van der Waals surface area (Å²) in [5.41, 5.74) is -0.109. The van der Waals surface area contributed by atoms with Crippen molar-refractivity contribution in [2.45, 2.75) is 6.92 Å². The van der Waals surface area contributed by atoms with E-state index in [0.29, 0.717) is 6.41 Å². The lowest BCUT2D eigenvalue weighted by Crippen LogP contribution is -2.06. The number of anilines is 1. The van der Waals surface area contributed by atoms with Crippen molar-refractivity contribution in [3.8, 4) is 0 Å². The number of ether oxygens (including phenoxy) is 1. The quantitative estimate of drug-likeness (QED) is 0.361. The number of hydrogen-bond acceptors (Lipinski definition) is 5. The van der Waals surface area contributed by atoms with E-state index in [1.165, 1.54) is 6.07 Å². The molecule has 1 aromatic rings. The Morgan fingerprint density at radius 1 is 1.53 bits per heavy atom. The van der Waals surface area contributed by atoms with Gasteiger partial charge in [-0.15, -0.1) is 0 Å². The summed E-state index contributed by atoms with van der Waals surface area (Å²) < 4.78 is 4.72. The molecule has 0 fully saturated rings. The molecule has 0 atom stereocenters. The van der Waals surface area contributed by atoms with Gasteiger partial charge in [-0.3, -0.25) is 14.9 Å². The highest BCUT2D eigenvalue weighted by molar-refractivity contribution is 5.92. The number of non-ortho nitro benzene ring substituents is 1. The van der Waals surface area contributed by atoms with Gasteiger partial charge in [-0.05, 0) is 13.0 Å². The molecule has 1 N–H and O–H groups in total. The van der Waals surface area contributed by atoms with Crippen molar-refractivity contribution in [3.05, 3.63) is 33.9 Å². The molecule has 0 heterocycles. The van der Waals surface area contributed by atoms with Crippen LogP contribution in [0.4, 0.5) is 11.4 Å². The van der Waals surface area contributed by atoms with Crippen LogP contribution in [0.25, 0.3) is 0 Å². The van der Waals surface area contributed by atoms with Crippen molar-refractivity contribution in [1.29, 1.82) is 0 Å². The summed E-state index contributed by atoms with van der Waals surface area (Å²) in [4.78, 5) is 31.7. The molecule has 90 valence electrons. The Kier molecular flexibility index (Phi) is 4.15. The van der Waals surface area contributed by atoms with Crippen LogP contribution >= 0.6 is 0 Å². The zero-order chi connectivity index (χ0) is 12.8. The topological polar surface area (TPSA) is 98.5 Å². The molecule has 7 nitrogen and oxygen atoms in total. The van der Waals surface area contributed by atoms with Crippen LogP contribution in [0.1, 0.15) is 17.3 Å². The first-order valence-electron chi connectivity index (χ1n) is 4.75. The van der Waals surface area contributed by atoms with E-state index in [9.17, 15) is 19.7 Å². The molecule has 1 rings (SSSR count). The molecule has 0 saturated heterocycles. The second-order valence-corrected chi connectivity index (χ2v) is 3.01. The van der Waals surface area contributed by atoms with Crippen LogP contribution in [0.5, 0.6) is 0 Å². The van der Waals surface area contributed by atoms with Crippen LogP contribution in [0.15, 0.2) is 18.2 Å². The van der Waals surface area contributed by atoms with Gasteiger partial charge in [0.15, 0.2) is 0 Å². The van der Waals surface area contributed by atoms with Crippen molar-refractivity contribution < 1.29 is 19.2 Å². The first-order chi connectivity index (χ1) is 8.08. The lowest BCUT2D eigenvalue weighted by Gasteiger charge is -2.04. The first-order valence-corrected chi connectivity index (χ1v) is 4.75. The van der Waals surface area contributed by atoms with Gasteiger partial charge in [0.2, 0.25) is 6.41 Å². The van der Waals surface area contributed by atoms with Gasteiger partial charge in [0.25, 0.3) is 5.69 Å². The summed E-state index contributed by atoms with van der Waals surface area (Å²) in [6.45, 7) is 1.79. The van der Waals surface area contributed by atoms with Gasteiger partial charge in [0, 0.05) is 17.8 Å². The second kappa shape index (κ2) is 5.59. The predicted molar refractivity (Wildman–Crippen MR) is 58.7 cm³/mol. The Hall–Kier alpha value is -2.44. The summed E-state index contributed by atoms with van der Waals surface area (Å²) in [6, 6.07) is 3.55. The molecule has 0 unspecified atom stereocenters. The highest BCUT2D eigenvalue weighted by Crippen LogP contribution is 2.21. The van der Waals surface area contributed by atoms with Crippen molar-refractivity contribution in [1.82, 2.24) is 0 Å². The Bertz CT molecular complexity index is 458. The predicted octanol–water partition coefficient (Wildman–Crippen LogP) is 1.34. The van der Waals surface area contributed by atoms with Crippen LogP contribution in [0.3, 0.4) is 0 Å². The van der Waals surface area contributed by atoms with Crippen molar-refractivity contribution in [2.24, 2.45) is 0 Å². The molecule has 0 spiro atoms. The third-order valence-electron chi connectivity index (χ3n) is 1.87. The normalized spacial score (nSPS) is 9.47. The maximum Gasteiger partial charge on any atom is 0.338 e. The number of hydrogen-bond donors (Lipinski definition) is 1. The van der Waals surface area contributed by atoms with Gasteiger partial charge in [0.1, 0.15) is 0 Å². The van der Waals surface area contributed by atoms with Crippen molar-refractivity contribution in [3.63, 3.8) is 0 Å². The number of carbonyl (C=O) groups is 2. The molecule has 0 radical (unpaired) electrons. The minimum atomic E-state index is -0.676. The molecule has 0 aromatic heterocycles. The fraction of sp³-hybridized carbons (Fsp3) is 0.200. The Morgan fingerprint density at radius 2 is 2.24 bits per heavy atom. The molecule has 0 saturated carbocycles. The number of rotatable bonds is 5. The largest absolute Gasteiger partial charge is 0.462 e. The standard InChI is InChI=1S/C10H10N2O5/c1-2-17-10(14)7-3-8(11-6-13)5-9(4-7)12(15)16/h3-6H,2H2,1H3,(H,11,13). The monoisotopic (exact) mass is 238 g/mol. The smallest absolute Gasteiger partial charge is 0.338 e. The number of esters is 1. The number of carbonyl (C=O) groups excluding carboxylic acids is 2. The molecule has 0 aliphatic carbocycles. The van der Waals surface area contributed by atoms with Crippen LogP contribution in [-0.4, -0.2) is 23.9 Å². The molecular formula is C10H10N2O5. The van der Waals surface area contributed by atoms with Crippen LogP contribution in [0, 0.1) is 10.1 Å². The average Bonchev–Trinajstić information content (AvgIpc) is 2.29. The number of amides is 1. The molecule has 0 aliphatic rings. The van der Waals surface area contributed by atoms with Gasteiger partial charge in [-0.2, -0.15) is 0 Å². The zero-order valence-electron chi connectivity index (χ0n) is 9.00. The van der Waals surface area contributed by atoms with Crippen molar-refractivity contribution >= 4 is 23.8 Å². The van der Waals surface area contributed by atoms with Gasteiger partial charge < -0.3 is 10.1 Å². The molecule has 0 bridgehead atoms. The molecule has 0 aliphatic heterocycles. The number of benzene rings is 1. The fourth-order valence-electron chi connectivity index (χ4n) is 1.20. The Labute approximate surface area is 96.5 Å². The molecule has 7 heteroatoms. The molecule has 1 amide bonds. The summed E-state index contributed by atoms with van der Waals surface area (Å²) in [5, 5.41) is 12.9. The van der Waals surface area contributed by atoms with E-state index in [1.54, 1.807) is 6.92 Å². The highest BCUT2D eigenvalue weighted by atomic mass is 16.6.